The molecule has 3 heterocycles. The molecule has 2 aromatic carbocycles. The van der Waals surface area contributed by atoms with Gasteiger partial charge in [0.05, 0.1) is 6.04 Å². The predicted octanol–water partition coefficient (Wildman–Crippen LogP) is 6.19. The predicted molar refractivity (Wildman–Crippen MR) is 144 cm³/mol. The molecule has 5 rings (SSSR count). The summed E-state index contributed by atoms with van der Waals surface area (Å²) >= 11 is 0. The second kappa shape index (κ2) is 11.1. The molecule has 196 valence electrons. The van der Waals surface area contributed by atoms with Gasteiger partial charge in [0.15, 0.2) is 0 Å². The van der Waals surface area contributed by atoms with Crippen molar-refractivity contribution in [2.75, 3.05) is 6.54 Å². The maximum Gasteiger partial charge on any atom is 0.408 e. The number of carboxylic acid groups (broad SMARTS) is 1. The number of aryl methyl sites for hydroxylation is 1. The van der Waals surface area contributed by atoms with Crippen LogP contribution >= 0.6 is 0 Å². The van der Waals surface area contributed by atoms with Crippen LogP contribution in [0, 0.1) is 6.92 Å². The largest absolute Gasteiger partial charge is 0.465 e. The number of rotatable bonds is 9. The molecule has 2 saturated heterocycles. The van der Waals surface area contributed by atoms with Gasteiger partial charge in [-0.2, -0.15) is 0 Å². The minimum Gasteiger partial charge on any atom is -0.465 e. The van der Waals surface area contributed by atoms with E-state index in [9.17, 15) is 9.90 Å². The maximum atomic E-state index is 12.5. The lowest BCUT2D eigenvalue weighted by Gasteiger charge is -2.41. The molecule has 0 spiro atoms. The Kier molecular flexibility index (Phi) is 7.60. The van der Waals surface area contributed by atoms with E-state index in [-0.39, 0.29) is 6.04 Å². The number of piperidine rings is 1. The average molecular weight is 502 g/mol. The number of nitrogens with zero attached hydrogens (tertiary/aromatic N) is 5. The molecular weight excluding hydrogens is 462 g/mol. The SMILES string of the molecule is Cc1nnc(C(C)C)n1C1CC2CCC(C1)N2CC[C@@H](c1ccccc1)N(Cc1ccccc1)C(=O)O. The molecule has 2 aliphatic rings. The average Bonchev–Trinajstić information content (AvgIpc) is 3.40. The summed E-state index contributed by atoms with van der Waals surface area (Å²) in [6.45, 7) is 7.74. The fourth-order valence-electron chi connectivity index (χ4n) is 6.59. The molecule has 0 aliphatic carbocycles. The second-order valence-electron chi connectivity index (χ2n) is 11.0. The minimum atomic E-state index is -0.872. The number of hydrogen-bond acceptors (Lipinski definition) is 4. The highest BCUT2D eigenvalue weighted by Gasteiger charge is 2.42. The fraction of sp³-hybridized carbons (Fsp3) is 0.500. The molecule has 0 saturated carbocycles. The normalized spacial score (nSPS) is 22.3. The third-order valence-corrected chi connectivity index (χ3v) is 8.30. The number of aromatic nitrogens is 3. The zero-order chi connectivity index (χ0) is 25.9. The summed E-state index contributed by atoms with van der Waals surface area (Å²) in [7, 11) is 0. The standard InChI is InChI=1S/C30H39N5O2/c1-21(2)29-32-31-22(3)35(29)27-18-25-14-15-26(19-27)33(25)17-16-28(24-12-8-5-9-13-24)34(30(36)37)20-23-10-6-4-7-11-23/h4-13,21,25-28H,14-20H2,1-3H3,(H,36,37)/t25?,26?,27?,28-/m0/s1. The number of benzene rings is 2. The van der Waals surface area contributed by atoms with Crippen LogP contribution in [-0.2, 0) is 6.54 Å². The second-order valence-corrected chi connectivity index (χ2v) is 11.0. The third-order valence-electron chi connectivity index (χ3n) is 8.30. The fourth-order valence-corrected chi connectivity index (χ4v) is 6.59. The lowest BCUT2D eigenvalue weighted by Crippen LogP contribution is -2.45. The Labute approximate surface area is 220 Å². The molecule has 37 heavy (non-hydrogen) atoms. The Morgan fingerprint density at radius 1 is 0.973 bits per heavy atom. The van der Waals surface area contributed by atoms with E-state index in [0.717, 1.165) is 48.6 Å². The summed E-state index contributed by atoms with van der Waals surface area (Å²) in [5.41, 5.74) is 2.07. The van der Waals surface area contributed by atoms with Crippen molar-refractivity contribution < 1.29 is 9.90 Å². The van der Waals surface area contributed by atoms with Crippen LogP contribution in [0.4, 0.5) is 4.79 Å². The molecule has 2 fully saturated rings. The number of fused-ring (bicyclic) bond motifs is 2. The lowest BCUT2D eigenvalue weighted by molar-refractivity contribution is 0.0810. The smallest absolute Gasteiger partial charge is 0.408 e. The van der Waals surface area contributed by atoms with E-state index in [2.05, 4.69) is 52.6 Å². The van der Waals surface area contributed by atoms with Crippen LogP contribution in [0.1, 0.15) is 86.7 Å². The molecule has 2 aliphatic heterocycles. The van der Waals surface area contributed by atoms with Crippen LogP contribution in [0.5, 0.6) is 0 Å². The van der Waals surface area contributed by atoms with E-state index in [1.165, 1.54) is 12.8 Å². The van der Waals surface area contributed by atoms with Crippen LogP contribution in [0.3, 0.4) is 0 Å². The van der Waals surface area contributed by atoms with Crippen molar-refractivity contribution in [1.29, 1.82) is 0 Å². The van der Waals surface area contributed by atoms with Gasteiger partial charge in [-0.05, 0) is 50.2 Å². The molecule has 2 unspecified atom stereocenters. The van der Waals surface area contributed by atoms with Crippen molar-refractivity contribution in [3.8, 4) is 0 Å². The summed E-state index contributed by atoms with van der Waals surface area (Å²) in [6, 6.07) is 21.3. The van der Waals surface area contributed by atoms with E-state index in [0.29, 0.717) is 30.6 Å². The monoisotopic (exact) mass is 501 g/mol. The summed E-state index contributed by atoms with van der Waals surface area (Å²) in [4.78, 5) is 16.8. The van der Waals surface area contributed by atoms with Gasteiger partial charge in [-0.1, -0.05) is 74.5 Å². The Hall–Kier alpha value is -3.19. The molecule has 3 atom stereocenters. The van der Waals surface area contributed by atoms with Crippen LogP contribution in [0.2, 0.25) is 0 Å². The number of amides is 1. The van der Waals surface area contributed by atoms with Gasteiger partial charge in [0.2, 0.25) is 0 Å². The summed E-state index contributed by atoms with van der Waals surface area (Å²) in [5, 5.41) is 19.1. The first-order valence-electron chi connectivity index (χ1n) is 13.7. The van der Waals surface area contributed by atoms with Crippen molar-refractivity contribution >= 4 is 6.09 Å². The van der Waals surface area contributed by atoms with Crippen molar-refractivity contribution in [2.45, 2.75) is 89.5 Å². The van der Waals surface area contributed by atoms with Crippen molar-refractivity contribution in [3.63, 3.8) is 0 Å². The van der Waals surface area contributed by atoms with Crippen LogP contribution in [0.25, 0.3) is 0 Å². The number of hydrogen-bond donors (Lipinski definition) is 1. The van der Waals surface area contributed by atoms with Gasteiger partial charge < -0.3 is 9.67 Å². The summed E-state index contributed by atoms with van der Waals surface area (Å²) < 4.78 is 2.39. The number of carbonyl (C=O) groups is 1. The third kappa shape index (κ3) is 5.42. The zero-order valence-electron chi connectivity index (χ0n) is 22.2. The van der Waals surface area contributed by atoms with Crippen LogP contribution in [0.15, 0.2) is 60.7 Å². The van der Waals surface area contributed by atoms with Gasteiger partial charge in [0, 0.05) is 37.1 Å². The van der Waals surface area contributed by atoms with Crippen molar-refractivity contribution in [3.05, 3.63) is 83.4 Å². The first-order valence-corrected chi connectivity index (χ1v) is 13.7. The Morgan fingerprint density at radius 3 is 2.19 bits per heavy atom. The highest BCUT2D eigenvalue weighted by Crippen LogP contribution is 2.42. The quantitative estimate of drug-likeness (QED) is 0.378. The first-order chi connectivity index (χ1) is 17.9. The zero-order valence-corrected chi connectivity index (χ0v) is 22.2. The van der Waals surface area contributed by atoms with E-state index < -0.39 is 6.09 Å². The van der Waals surface area contributed by atoms with Gasteiger partial charge in [-0.3, -0.25) is 9.80 Å². The van der Waals surface area contributed by atoms with E-state index in [4.69, 9.17) is 0 Å². The highest BCUT2D eigenvalue weighted by molar-refractivity contribution is 5.66. The first kappa shape index (κ1) is 25.5. The molecule has 3 aromatic rings. The van der Waals surface area contributed by atoms with Crippen molar-refractivity contribution in [2.24, 2.45) is 0 Å². The van der Waals surface area contributed by atoms with E-state index in [1.54, 1.807) is 4.90 Å². The lowest BCUT2D eigenvalue weighted by atomic mass is 9.94. The Bertz CT molecular complexity index is 1170. The molecule has 7 heteroatoms. The molecule has 7 nitrogen and oxygen atoms in total. The molecule has 2 bridgehead atoms. The Balaban J connectivity index is 1.33. The molecule has 1 aromatic heterocycles. The van der Waals surface area contributed by atoms with Gasteiger partial charge >= 0.3 is 6.09 Å². The molecule has 1 amide bonds. The molecule has 1 N–H and O–H groups in total. The van der Waals surface area contributed by atoms with Gasteiger partial charge in [-0.25, -0.2) is 4.79 Å². The molecule has 0 radical (unpaired) electrons. The summed E-state index contributed by atoms with van der Waals surface area (Å²) in [6.07, 6.45) is 4.55. The molecular formula is C30H39N5O2. The van der Waals surface area contributed by atoms with Gasteiger partial charge in [0.1, 0.15) is 11.6 Å². The summed E-state index contributed by atoms with van der Waals surface area (Å²) in [5.74, 6) is 2.47. The highest BCUT2D eigenvalue weighted by atomic mass is 16.4. The van der Waals surface area contributed by atoms with E-state index >= 15 is 0 Å². The van der Waals surface area contributed by atoms with Gasteiger partial charge in [-0.15, -0.1) is 10.2 Å². The maximum absolute atomic E-state index is 12.5. The van der Waals surface area contributed by atoms with Crippen molar-refractivity contribution in [1.82, 2.24) is 24.6 Å². The minimum absolute atomic E-state index is 0.191. The Morgan fingerprint density at radius 2 is 1.59 bits per heavy atom. The topological polar surface area (TPSA) is 74.5 Å². The van der Waals surface area contributed by atoms with Crippen LogP contribution in [-0.4, -0.2) is 54.4 Å². The van der Waals surface area contributed by atoms with E-state index in [1.807, 2.05) is 48.5 Å². The van der Waals surface area contributed by atoms with Crippen LogP contribution < -0.4 is 0 Å². The van der Waals surface area contributed by atoms with Gasteiger partial charge in [0.25, 0.3) is 0 Å².